The first-order valence-corrected chi connectivity index (χ1v) is 8.84. The highest BCUT2D eigenvalue weighted by molar-refractivity contribution is 5.80. The van der Waals surface area contributed by atoms with Gasteiger partial charge in [0, 0.05) is 11.8 Å². The van der Waals surface area contributed by atoms with E-state index in [1.807, 2.05) is 0 Å². The van der Waals surface area contributed by atoms with Crippen molar-refractivity contribution in [2.24, 2.45) is 35.0 Å². The van der Waals surface area contributed by atoms with E-state index in [0.29, 0.717) is 23.7 Å². The highest BCUT2D eigenvalue weighted by Gasteiger charge is 2.64. The third-order valence-corrected chi connectivity index (χ3v) is 6.80. The molecular weight excluding hydrogens is 280 g/mol. The molecular formula is C18H26O4. The maximum absolute atomic E-state index is 12.9. The fourth-order valence-electron chi connectivity index (χ4n) is 5.51. The molecule has 22 heavy (non-hydrogen) atoms. The van der Waals surface area contributed by atoms with E-state index in [0.717, 1.165) is 32.1 Å². The van der Waals surface area contributed by atoms with E-state index in [1.165, 1.54) is 0 Å². The maximum Gasteiger partial charge on any atom is 0.312 e. The number of rotatable bonds is 4. The zero-order valence-corrected chi connectivity index (χ0v) is 13.7. The van der Waals surface area contributed by atoms with E-state index in [1.54, 1.807) is 0 Å². The first-order valence-electron chi connectivity index (χ1n) is 8.84. The smallest absolute Gasteiger partial charge is 0.312 e. The third-order valence-electron chi connectivity index (χ3n) is 6.80. The minimum Gasteiger partial charge on any atom is -0.458 e. The van der Waals surface area contributed by atoms with Gasteiger partial charge in [-0.2, -0.15) is 0 Å². The van der Waals surface area contributed by atoms with Gasteiger partial charge in [-0.05, 0) is 43.9 Å². The molecule has 2 bridgehead atoms. The molecule has 3 aliphatic carbocycles. The van der Waals surface area contributed by atoms with Gasteiger partial charge in [-0.25, -0.2) is 0 Å². The lowest BCUT2D eigenvalue weighted by Crippen LogP contribution is -2.50. The Balaban J connectivity index is 1.49. The number of esters is 2. The van der Waals surface area contributed by atoms with Crippen LogP contribution >= 0.6 is 0 Å². The van der Waals surface area contributed by atoms with Crippen molar-refractivity contribution >= 4 is 11.9 Å². The molecule has 0 aromatic rings. The topological polar surface area (TPSA) is 52.6 Å². The number of carbonyl (C=O) groups excluding carboxylic acids is 2. The van der Waals surface area contributed by atoms with Gasteiger partial charge in [0.1, 0.15) is 12.2 Å². The van der Waals surface area contributed by atoms with Gasteiger partial charge in [0.15, 0.2) is 0 Å². The number of fused-ring (bicyclic) bond motifs is 1. The van der Waals surface area contributed by atoms with E-state index >= 15 is 0 Å². The van der Waals surface area contributed by atoms with Gasteiger partial charge in [0.2, 0.25) is 0 Å². The Hall–Kier alpha value is -1.06. The summed E-state index contributed by atoms with van der Waals surface area (Å²) in [5.74, 6) is 1.51. The molecule has 4 heteroatoms. The Labute approximate surface area is 131 Å². The van der Waals surface area contributed by atoms with Crippen LogP contribution in [0.4, 0.5) is 0 Å². The summed E-state index contributed by atoms with van der Waals surface area (Å²) >= 11 is 0. The monoisotopic (exact) mass is 306 g/mol. The van der Waals surface area contributed by atoms with Crippen LogP contribution in [0, 0.1) is 35.0 Å². The fraction of sp³-hybridized carbons (Fsp3) is 0.889. The molecule has 7 unspecified atom stereocenters. The van der Waals surface area contributed by atoms with E-state index in [-0.39, 0.29) is 35.5 Å². The molecule has 0 radical (unpaired) electrons. The third kappa shape index (κ3) is 1.82. The van der Waals surface area contributed by atoms with Crippen LogP contribution in [0.5, 0.6) is 0 Å². The second-order valence-electron chi connectivity index (χ2n) is 8.47. The number of hydrogen-bond acceptors (Lipinski definition) is 4. The molecule has 4 rings (SSSR count). The molecule has 0 N–H and O–H groups in total. The zero-order valence-electron chi connectivity index (χ0n) is 13.7. The normalized spacial score (nSPS) is 48.5. The van der Waals surface area contributed by atoms with Crippen molar-refractivity contribution in [1.82, 2.24) is 0 Å². The summed E-state index contributed by atoms with van der Waals surface area (Å²) in [7, 11) is 0. The molecule has 1 saturated heterocycles. The van der Waals surface area contributed by atoms with E-state index < -0.39 is 0 Å². The average molecular weight is 306 g/mol. The molecule has 4 aliphatic rings. The van der Waals surface area contributed by atoms with Gasteiger partial charge in [-0.3, -0.25) is 9.59 Å². The van der Waals surface area contributed by atoms with E-state index in [9.17, 15) is 9.59 Å². The second kappa shape index (κ2) is 4.72. The summed E-state index contributed by atoms with van der Waals surface area (Å²) in [6.07, 6.45) is 4.46. The summed E-state index contributed by atoms with van der Waals surface area (Å²) in [6.45, 7) is 6.50. The van der Waals surface area contributed by atoms with Crippen molar-refractivity contribution in [2.45, 2.75) is 65.1 Å². The quantitative estimate of drug-likeness (QED) is 0.749. The largest absolute Gasteiger partial charge is 0.458 e. The second-order valence-corrected chi connectivity index (χ2v) is 8.47. The first-order chi connectivity index (χ1) is 10.4. The summed E-state index contributed by atoms with van der Waals surface area (Å²) < 4.78 is 11.5. The highest BCUT2D eigenvalue weighted by Crippen LogP contribution is 2.57. The van der Waals surface area contributed by atoms with Gasteiger partial charge < -0.3 is 9.47 Å². The van der Waals surface area contributed by atoms with Crippen LogP contribution in [-0.2, 0) is 19.1 Å². The minimum absolute atomic E-state index is 0.0306. The van der Waals surface area contributed by atoms with Gasteiger partial charge in [-0.15, -0.1) is 0 Å². The summed E-state index contributed by atoms with van der Waals surface area (Å²) in [5.41, 5.74) is -0.294. The Bertz CT molecular complexity index is 513. The maximum atomic E-state index is 12.9. The van der Waals surface area contributed by atoms with Crippen molar-refractivity contribution in [2.75, 3.05) is 0 Å². The molecule has 7 atom stereocenters. The van der Waals surface area contributed by atoms with E-state index in [4.69, 9.17) is 9.47 Å². The van der Waals surface area contributed by atoms with Crippen LogP contribution in [0.2, 0.25) is 0 Å². The highest BCUT2D eigenvalue weighted by atomic mass is 16.6. The van der Waals surface area contributed by atoms with Crippen molar-refractivity contribution in [3.8, 4) is 0 Å². The molecule has 1 heterocycles. The van der Waals surface area contributed by atoms with E-state index in [2.05, 4.69) is 20.8 Å². The SMILES string of the molecule is CC(C)CC1(C(=O)OC2C3CC4C(=O)OC2C4C3)CCC1C. The standard InChI is InChI=1S/C18H26O4/c1-9(2)8-18(5-4-10(18)3)17(20)22-14-11-6-12-13(7-11)16(19)21-15(12)14/h9-15H,4-8H2,1-3H3. The Kier molecular flexibility index (Phi) is 3.11. The molecule has 1 aliphatic heterocycles. The lowest BCUT2D eigenvalue weighted by atomic mass is 9.57. The average Bonchev–Trinajstić information content (AvgIpc) is 3.07. The van der Waals surface area contributed by atoms with Crippen molar-refractivity contribution in [3.63, 3.8) is 0 Å². The molecule has 4 fully saturated rings. The summed E-state index contributed by atoms with van der Waals surface area (Å²) in [4.78, 5) is 24.7. The van der Waals surface area contributed by atoms with Gasteiger partial charge in [0.25, 0.3) is 0 Å². The Morgan fingerprint density at radius 1 is 1.41 bits per heavy atom. The van der Waals surface area contributed by atoms with Gasteiger partial charge in [-0.1, -0.05) is 20.8 Å². The van der Waals surface area contributed by atoms with Crippen LogP contribution in [0.25, 0.3) is 0 Å². The lowest BCUT2D eigenvalue weighted by Gasteiger charge is -2.47. The van der Waals surface area contributed by atoms with Crippen LogP contribution in [-0.4, -0.2) is 24.1 Å². The van der Waals surface area contributed by atoms with Gasteiger partial charge in [0.05, 0.1) is 11.3 Å². The minimum atomic E-state index is -0.294. The summed E-state index contributed by atoms with van der Waals surface area (Å²) in [6, 6.07) is 0. The first kappa shape index (κ1) is 14.5. The van der Waals surface area contributed by atoms with Crippen LogP contribution in [0.15, 0.2) is 0 Å². The van der Waals surface area contributed by atoms with Crippen LogP contribution < -0.4 is 0 Å². The van der Waals surface area contributed by atoms with Crippen LogP contribution in [0.3, 0.4) is 0 Å². The molecule has 0 aromatic carbocycles. The Morgan fingerprint density at radius 3 is 2.77 bits per heavy atom. The summed E-state index contributed by atoms with van der Waals surface area (Å²) in [5, 5.41) is 0. The molecule has 0 spiro atoms. The molecule has 122 valence electrons. The molecule has 0 aromatic heterocycles. The fourth-order valence-corrected chi connectivity index (χ4v) is 5.51. The number of ether oxygens (including phenoxy) is 2. The molecule has 0 amide bonds. The lowest BCUT2D eigenvalue weighted by molar-refractivity contribution is -0.184. The predicted molar refractivity (Wildman–Crippen MR) is 79.8 cm³/mol. The zero-order chi connectivity index (χ0) is 15.6. The predicted octanol–water partition coefficient (Wildman–Crippen LogP) is 2.94. The van der Waals surface area contributed by atoms with Crippen molar-refractivity contribution in [1.29, 1.82) is 0 Å². The molecule has 3 saturated carbocycles. The van der Waals surface area contributed by atoms with Crippen molar-refractivity contribution < 1.29 is 19.1 Å². The molecule has 4 nitrogen and oxygen atoms in total. The Morgan fingerprint density at radius 2 is 2.18 bits per heavy atom. The van der Waals surface area contributed by atoms with Crippen LogP contribution in [0.1, 0.15) is 52.9 Å². The number of carbonyl (C=O) groups is 2. The number of hydrogen-bond donors (Lipinski definition) is 0. The van der Waals surface area contributed by atoms with Crippen molar-refractivity contribution in [3.05, 3.63) is 0 Å². The van der Waals surface area contributed by atoms with Gasteiger partial charge >= 0.3 is 11.9 Å².